The van der Waals surface area contributed by atoms with Crippen LogP contribution in [-0.2, 0) is 13.0 Å². The summed E-state index contributed by atoms with van der Waals surface area (Å²) in [6.07, 6.45) is 0.839. The van der Waals surface area contributed by atoms with Crippen LogP contribution in [0.2, 0.25) is 0 Å². The molecular formula is C26H26N2O3. The molecular weight excluding hydrogens is 388 g/mol. The molecule has 3 aromatic rings. The number of nitrogens with zero attached hydrogens (tertiary/aromatic N) is 1. The molecule has 0 spiro atoms. The third-order valence-electron chi connectivity index (χ3n) is 5.47. The second kappa shape index (κ2) is 9.04. The number of nitrogens with one attached hydrogen (secondary N) is 1. The minimum absolute atomic E-state index is 0.00863. The topological polar surface area (TPSA) is 58.6 Å². The zero-order chi connectivity index (χ0) is 21.8. The van der Waals surface area contributed by atoms with Gasteiger partial charge in [0.05, 0.1) is 6.61 Å². The van der Waals surface area contributed by atoms with Crippen molar-refractivity contribution >= 4 is 17.5 Å². The third-order valence-corrected chi connectivity index (χ3v) is 5.47. The van der Waals surface area contributed by atoms with Gasteiger partial charge in [-0.25, -0.2) is 0 Å². The lowest BCUT2D eigenvalue weighted by Crippen LogP contribution is -2.29. The van der Waals surface area contributed by atoms with Crippen LogP contribution in [0.3, 0.4) is 0 Å². The van der Waals surface area contributed by atoms with Gasteiger partial charge in [-0.05, 0) is 73.9 Å². The Morgan fingerprint density at radius 1 is 0.968 bits per heavy atom. The molecule has 0 aromatic heterocycles. The molecule has 0 atom stereocenters. The highest BCUT2D eigenvalue weighted by Crippen LogP contribution is 2.30. The van der Waals surface area contributed by atoms with Gasteiger partial charge in [-0.2, -0.15) is 0 Å². The van der Waals surface area contributed by atoms with Gasteiger partial charge in [0.15, 0.2) is 0 Å². The Hall–Kier alpha value is -3.60. The number of amides is 2. The van der Waals surface area contributed by atoms with E-state index in [2.05, 4.69) is 11.4 Å². The zero-order valence-electron chi connectivity index (χ0n) is 17.9. The van der Waals surface area contributed by atoms with E-state index in [4.69, 9.17) is 4.74 Å². The number of anilines is 1. The van der Waals surface area contributed by atoms with E-state index in [1.54, 1.807) is 24.3 Å². The smallest absolute Gasteiger partial charge is 0.258 e. The normalized spacial score (nSPS) is 12.4. The van der Waals surface area contributed by atoms with Gasteiger partial charge < -0.3 is 15.0 Å². The summed E-state index contributed by atoms with van der Waals surface area (Å²) < 4.78 is 5.42. The predicted octanol–water partition coefficient (Wildman–Crippen LogP) is 4.53. The van der Waals surface area contributed by atoms with E-state index in [9.17, 15) is 9.59 Å². The maximum atomic E-state index is 13.0. The molecule has 4 rings (SSSR count). The first kappa shape index (κ1) is 20.7. The maximum Gasteiger partial charge on any atom is 0.258 e. The first-order chi connectivity index (χ1) is 15.0. The van der Waals surface area contributed by atoms with E-state index in [0.29, 0.717) is 30.8 Å². The van der Waals surface area contributed by atoms with Gasteiger partial charge in [-0.1, -0.05) is 29.8 Å². The Balaban J connectivity index is 1.44. The van der Waals surface area contributed by atoms with E-state index in [0.717, 1.165) is 34.5 Å². The molecule has 1 N–H and O–H groups in total. The first-order valence-electron chi connectivity index (χ1n) is 10.6. The highest BCUT2D eigenvalue weighted by Gasteiger charge is 2.25. The summed E-state index contributed by atoms with van der Waals surface area (Å²) in [7, 11) is 0. The molecule has 5 heteroatoms. The number of ether oxygens (including phenoxy) is 1. The molecule has 1 aliphatic heterocycles. The number of benzene rings is 3. The molecule has 1 aliphatic rings. The average molecular weight is 415 g/mol. The number of rotatable bonds is 6. The minimum Gasteiger partial charge on any atom is -0.494 e. The van der Waals surface area contributed by atoms with Crippen molar-refractivity contribution in [1.29, 1.82) is 0 Å². The molecule has 0 aliphatic carbocycles. The maximum absolute atomic E-state index is 13.0. The standard InChI is InChI=1S/C26H26N2O3/c1-3-31-23-12-10-21(11-13-23)25(29)27-17-19-6-9-20-14-15-28(24(20)16-19)26(30)22-7-4-18(2)5-8-22/h4-13,16H,3,14-15,17H2,1-2H3,(H,27,29). The molecule has 31 heavy (non-hydrogen) atoms. The molecule has 3 aromatic carbocycles. The molecule has 158 valence electrons. The van der Waals surface area contributed by atoms with Crippen LogP contribution in [0.1, 0.15) is 44.3 Å². The molecule has 0 unspecified atom stereocenters. The second-order valence-electron chi connectivity index (χ2n) is 7.68. The van der Waals surface area contributed by atoms with Gasteiger partial charge in [-0.15, -0.1) is 0 Å². The fourth-order valence-electron chi connectivity index (χ4n) is 3.75. The van der Waals surface area contributed by atoms with Crippen LogP contribution in [0.25, 0.3) is 0 Å². The fraction of sp³-hybridized carbons (Fsp3) is 0.231. The summed E-state index contributed by atoms with van der Waals surface area (Å²) in [4.78, 5) is 27.3. The van der Waals surface area contributed by atoms with Gasteiger partial charge >= 0.3 is 0 Å². The summed E-state index contributed by atoms with van der Waals surface area (Å²) in [6, 6.07) is 20.8. The lowest BCUT2D eigenvalue weighted by molar-refractivity contribution is 0.0949. The van der Waals surface area contributed by atoms with Crippen molar-refractivity contribution in [1.82, 2.24) is 5.32 Å². The zero-order valence-corrected chi connectivity index (χ0v) is 17.9. The van der Waals surface area contributed by atoms with Crippen LogP contribution in [0.4, 0.5) is 5.69 Å². The van der Waals surface area contributed by atoms with Gasteiger partial charge in [-0.3, -0.25) is 9.59 Å². The van der Waals surface area contributed by atoms with Gasteiger partial charge in [0.25, 0.3) is 11.8 Å². The van der Waals surface area contributed by atoms with E-state index in [-0.39, 0.29) is 11.8 Å². The molecule has 0 saturated heterocycles. The van der Waals surface area contributed by atoms with Crippen molar-refractivity contribution < 1.29 is 14.3 Å². The Morgan fingerprint density at radius 2 is 1.68 bits per heavy atom. The summed E-state index contributed by atoms with van der Waals surface area (Å²) in [5, 5.41) is 2.96. The average Bonchev–Trinajstić information content (AvgIpc) is 3.21. The van der Waals surface area contributed by atoms with Crippen LogP contribution in [0.15, 0.2) is 66.7 Å². The van der Waals surface area contributed by atoms with Crippen LogP contribution < -0.4 is 15.0 Å². The molecule has 2 amide bonds. The van der Waals surface area contributed by atoms with E-state index >= 15 is 0 Å². The Labute approximate surface area is 182 Å². The Morgan fingerprint density at radius 3 is 2.39 bits per heavy atom. The van der Waals surface area contributed by atoms with Crippen LogP contribution in [0.5, 0.6) is 5.75 Å². The fourth-order valence-corrected chi connectivity index (χ4v) is 3.75. The van der Waals surface area contributed by atoms with Gasteiger partial charge in [0.2, 0.25) is 0 Å². The number of hydrogen-bond donors (Lipinski definition) is 1. The summed E-state index contributed by atoms with van der Waals surface area (Å²) in [5.74, 6) is 0.612. The highest BCUT2D eigenvalue weighted by molar-refractivity contribution is 6.07. The molecule has 0 saturated carbocycles. The van der Waals surface area contributed by atoms with Crippen molar-refractivity contribution in [2.45, 2.75) is 26.8 Å². The lowest BCUT2D eigenvalue weighted by atomic mass is 10.1. The van der Waals surface area contributed by atoms with Crippen LogP contribution in [0, 0.1) is 6.92 Å². The van der Waals surface area contributed by atoms with Crippen molar-refractivity contribution in [2.75, 3.05) is 18.1 Å². The SMILES string of the molecule is CCOc1ccc(C(=O)NCc2ccc3c(c2)N(C(=O)c2ccc(C)cc2)CC3)cc1. The van der Waals surface area contributed by atoms with E-state index in [1.807, 2.05) is 55.1 Å². The predicted molar refractivity (Wildman–Crippen MR) is 122 cm³/mol. The van der Waals surface area contributed by atoms with Crippen molar-refractivity contribution in [3.63, 3.8) is 0 Å². The number of hydrogen-bond acceptors (Lipinski definition) is 3. The minimum atomic E-state index is -0.142. The molecule has 0 fully saturated rings. The number of aryl methyl sites for hydroxylation is 1. The summed E-state index contributed by atoms with van der Waals surface area (Å²) >= 11 is 0. The van der Waals surface area contributed by atoms with Crippen molar-refractivity contribution in [3.05, 3.63) is 94.5 Å². The van der Waals surface area contributed by atoms with E-state index in [1.165, 1.54) is 0 Å². The highest BCUT2D eigenvalue weighted by atomic mass is 16.5. The summed E-state index contributed by atoms with van der Waals surface area (Å²) in [5.41, 5.74) is 5.44. The monoisotopic (exact) mass is 414 g/mol. The largest absolute Gasteiger partial charge is 0.494 e. The van der Waals surface area contributed by atoms with Gasteiger partial charge in [0, 0.05) is 29.9 Å². The lowest BCUT2D eigenvalue weighted by Gasteiger charge is -2.18. The number of fused-ring (bicyclic) bond motifs is 1. The summed E-state index contributed by atoms with van der Waals surface area (Å²) in [6.45, 7) is 5.59. The number of carbonyl (C=O) groups is 2. The third kappa shape index (κ3) is 4.61. The molecule has 5 nitrogen and oxygen atoms in total. The number of carbonyl (C=O) groups excluding carboxylic acids is 2. The van der Waals surface area contributed by atoms with Gasteiger partial charge in [0.1, 0.15) is 5.75 Å². The Kier molecular flexibility index (Phi) is 6.03. The molecule has 0 radical (unpaired) electrons. The van der Waals surface area contributed by atoms with Crippen molar-refractivity contribution in [3.8, 4) is 5.75 Å². The quantitative estimate of drug-likeness (QED) is 0.645. The van der Waals surface area contributed by atoms with E-state index < -0.39 is 0 Å². The second-order valence-corrected chi connectivity index (χ2v) is 7.68. The van der Waals surface area contributed by atoms with Crippen molar-refractivity contribution in [2.24, 2.45) is 0 Å². The van der Waals surface area contributed by atoms with Crippen LogP contribution >= 0.6 is 0 Å². The molecule has 1 heterocycles. The first-order valence-corrected chi connectivity index (χ1v) is 10.6. The molecule has 0 bridgehead atoms. The van der Waals surface area contributed by atoms with Crippen LogP contribution in [-0.4, -0.2) is 25.0 Å². The Bertz CT molecular complexity index is 1090.